The van der Waals surface area contributed by atoms with Crippen LogP contribution in [0.25, 0.3) is 0 Å². The van der Waals surface area contributed by atoms with Crippen molar-refractivity contribution in [3.05, 3.63) is 59.7 Å². The van der Waals surface area contributed by atoms with Crippen LogP contribution in [0.3, 0.4) is 0 Å². The summed E-state index contributed by atoms with van der Waals surface area (Å²) in [7, 11) is 0. The minimum atomic E-state index is 0.615. The van der Waals surface area contributed by atoms with Crippen molar-refractivity contribution in [2.75, 3.05) is 31.2 Å². The number of rotatable bonds is 6. The van der Waals surface area contributed by atoms with Crippen molar-refractivity contribution >= 4 is 5.69 Å². The van der Waals surface area contributed by atoms with Crippen LogP contribution in [0.4, 0.5) is 5.69 Å². The molecule has 1 heterocycles. The SMILES string of the molecule is CCCc1c(OCc2ccccc2)cccc1N1CCOCC1. The van der Waals surface area contributed by atoms with Crippen molar-refractivity contribution in [2.24, 2.45) is 0 Å². The van der Waals surface area contributed by atoms with Gasteiger partial charge in [0.15, 0.2) is 0 Å². The molecule has 3 nitrogen and oxygen atoms in total. The van der Waals surface area contributed by atoms with Gasteiger partial charge in [-0.1, -0.05) is 49.7 Å². The molecule has 0 N–H and O–H groups in total. The van der Waals surface area contributed by atoms with Gasteiger partial charge in [-0.2, -0.15) is 0 Å². The van der Waals surface area contributed by atoms with E-state index in [9.17, 15) is 0 Å². The fourth-order valence-corrected chi connectivity index (χ4v) is 3.03. The Balaban J connectivity index is 1.80. The summed E-state index contributed by atoms with van der Waals surface area (Å²) in [6.45, 7) is 6.36. The van der Waals surface area contributed by atoms with Crippen LogP contribution in [-0.4, -0.2) is 26.3 Å². The first-order valence-corrected chi connectivity index (χ1v) is 8.50. The summed E-state index contributed by atoms with van der Waals surface area (Å²) in [5.74, 6) is 1.01. The highest BCUT2D eigenvalue weighted by atomic mass is 16.5. The highest BCUT2D eigenvalue weighted by Crippen LogP contribution is 2.31. The molecule has 0 spiro atoms. The predicted molar refractivity (Wildman–Crippen MR) is 94.2 cm³/mol. The molecule has 1 aliphatic rings. The summed E-state index contributed by atoms with van der Waals surface area (Å²) in [5, 5.41) is 0. The van der Waals surface area contributed by atoms with Crippen LogP contribution >= 0.6 is 0 Å². The summed E-state index contributed by atoms with van der Waals surface area (Å²) in [5.41, 5.74) is 3.83. The molecular formula is C20H25NO2. The normalized spacial score (nSPS) is 14.7. The average molecular weight is 311 g/mol. The van der Waals surface area contributed by atoms with Gasteiger partial charge >= 0.3 is 0 Å². The summed E-state index contributed by atoms with van der Waals surface area (Å²) < 4.78 is 11.6. The Hall–Kier alpha value is -2.00. The number of hydrogen-bond donors (Lipinski definition) is 0. The molecule has 0 unspecified atom stereocenters. The molecule has 0 amide bonds. The van der Waals surface area contributed by atoms with Crippen molar-refractivity contribution in [1.29, 1.82) is 0 Å². The van der Waals surface area contributed by atoms with Gasteiger partial charge in [0.1, 0.15) is 12.4 Å². The first-order chi connectivity index (χ1) is 11.4. The van der Waals surface area contributed by atoms with E-state index in [0.29, 0.717) is 6.61 Å². The number of ether oxygens (including phenoxy) is 2. The lowest BCUT2D eigenvalue weighted by Gasteiger charge is -2.31. The Bertz CT molecular complexity index is 606. The Kier molecular flexibility index (Phi) is 5.54. The Labute approximate surface area is 138 Å². The quantitative estimate of drug-likeness (QED) is 0.803. The highest BCUT2D eigenvalue weighted by Gasteiger charge is 2.17. The number of morpholine rings is 1. The van der Waals surface area contributed by atoms with Gasteiger partial charge < -0.3 is 14.4 Å². The second kappa shape index (κ2) is 8.02. The third-order valence-electron chi connectivity index (χ3n) is 4.20. The Morgan fingerprint density at radius 1 is 1.00 bits per heavy atom. The van der Waals surface area contributed by atoms with Gasteiger partial charge in [0.2, 0.25) is 0 Å². The molecule has 0 bridgehead atoms. The number of benzene rings is 2. The molecule has 0 saturated carbocycles. The lowest BCUT2D eigenvalue weighted by molar-refractivity contribution is 0.122. The van der Waals surface area contributed by atoms with Crippen molar-refractivity contribution in [2.45, 2.75) is 26.4 Å². The average Bonchev–Trinajstić information content (AvgIpc) is 2.62. The van der Waals surface area contributed by atoms with E-state index in [2.05, 4.69) is 54.3 Å². The molecule has 0 aromatic heterocycles. The van der Waals surface area contributed by atoms with E-state index in [1.54, 1.807) is 0 Å². The monoisotopic (exact) mass is 311 g/mol. The van der Waals surface area contributed by atoms with Gasteiger partial charge in [-0.15, -0.1) is 0 Å². The predicted octanol–water partition coefficient (Wildman–Crippen LogP) is 4.05. The molecule has 23 heavy (non-hydrogen) atoms. The topological polar surface area (TPSA) is 21.7 Å². The van der Waals surface area contributed by atoms with E-state index in [1.807, 2.05) is 6.07 Å². The Morgan fingerprint density at radius 3 is 2.52 bits per heavy atom. The minimum Gasteiger partial charge on any atom is -0.489 e. The fraction of sp³-hybridized carbons (Fsp3) is 0.400. The largest absolute Gasteiger partial charge is 0.489 e. The second-order valence-corrected chi connectivity index (χ2v) is 5.88. The molecular weight excluding hydrogens is 286 g/mol. The first kappa shape index (κ1) is 15.9. The van der Waals surface area contributed by atoms with Crippen LogP contribution in [0.15, 0.2) is 48.5 Å². The molecule has 1 saturated heterocycles. The Morgan fingerprint density at radius 2 is 1.78 bits per heavy atom. The van der Waals surface area contributed by atoms with E-state index in [1.165, 1.54) is 16.8 Å². The number of hydrogen-bond acceptors (Lipinski definition) is 3. The van der Waals surface area contributed by atoms with Crippen molar-refractivity contribution in [3.8, 4) is 5.75 Å². The van der Waals surface area contributed by atoms with Crippen LogP contribution < -0.4 is 9.64 Å². The summed E-state index contributed by atoms with van der Waals surface area (Å²) in [6.07, 6.45) is 2.15. The molecule has 2 aromatic rings. The molecule has 1 aliphatic heterocycles. The summed E-state index contributed by atoms with van der Waals surface area (Å²) in [4.78, 5) is 2.42. The minimum absolute atomic E-state index is 0.615. The van der Waals surface area contributed by atoms with Crippen LogP contribution in [0.1, 0.15) is 24.5 Å². The zero-order chi connectivity index (χ0) is 15.9. The van der Waals surface area contributed by atoms with Crippen LogP contribution in [0.2, 0.25) is 0 Å². The maximum Gasteiger partial charge on any atom is 0.125 e. The van der Waals surface area contributed by atoms with Crippen LogP contribution in [0.5, 0.6) is 5.75 Å². The standard InChI is InChI=1S/C20H25NO2/c1-2-7-18-19(21-12-14-22-15-13-21)10-6-11-20(18)23-16-17-8-4-3-5-9-17/h3-6,8-11H,2,7,12-16H2,1H3. The third kappa shape index (κ3) is 4.05. The van der Waals surface area contributed by atoms with E-state index in [4.69, 9.17) is 9.47 Å². The van der Waals surface area contributed by atoms with E-state index >= 15 is 0 Å². The van der Waals surface area contributed by atoms with Gasteiger partial charge in [0, 0.05) is 24.3 Å². The van der Waals surface area contributed by atoms with Crippen molar-refractivity contribution in [1.82, 2.24) is 0 Å². The summed E-state index contributed by atoms with van der Waals surface area (Å²) in [6, 6.07) is 16.8. The molecule has 3 rings (SSSR count). The van der Waals surface area contributed by atoms with Crippen LogP contribution in [-0.2, 0) is 17.8 Å². The third-order valence-corrected chi connectivity index (χ3v) is 4.20. The lowest BCUT2D eigenvalue weighted by atomic mass is 10.0. The van der Waals surface area contributed by atoms with Gasteiger partial charge in [0.05, 0.1) is 13.2 Å². The fourth-order valence-electron chi connectivity index (χ4n) is 3.03. The highest BCUT2D eigenvalue weighted by molar-refractivity contribution is 5.59. The lowest BCUT2D eigenvalue weighted by Crippen LogP contribution is -2.36. The first-order valence-electron chi connectivity index (χ1n) is 8.50. The molecule has 3 heteroatoms. The van der Waals surface area contributed by atoms with Crippen LogP contribution in [0, 0.1) is 0 Å². The van der Waals surface area contributed by atoms with E-state index in [0.717, 1.165) is 44.9 Å². The molecule has 2 aromatic carbocycles. The molecule has 0 atom stereocenters. The maximum absolute atomic E-state index is 6.15. The van der Waals surface area contributed by atoms with Crippen molar-refractivity contribution < 1.29 is 9.47 Å². The number of anilines is 1. The van der Waals surface area contributed by atoms with Gasteiger partial charge in [-0.25, -0.2) is 0 Å². The van der Waals surface area contributed by atoms with Gasteiger partial charge in [0.25, 0.3) is 0 Å². The number of nitrogens with zero attached hydrogens (tertiary/aromatic N) is 1. The molecule has 122 valence electrons. The zero-order valence-corrected chi connectivity index (χ0v) is 13.8. The molecule has 1 fully saturated rings. The van der Waals surface area contributed by atoms with E-state index in [-0.39, 0.29) is 0 Å². The zero-order valence-electron chi connectivity index (χ0n) is 13.8. The van der Waals surface area contributed by atoms with Gasteiger partial charge in [-0.3, -0.25) is 0 Å². The maximum atomic E-state index is 6.15. The summed E-state index contributed by atoms with van der Waals surface area (Å²) >= 11 is 0. The van der Waals surface area contributed by atoms with Crippen molar-refractivity contribution in [3.63, 3.8) is 0 Å². The second-order valence-electron chi connectivity index (χ2n) is 5.88. The molecule has 0 aliphatic carbocycles. The van der Waals surface area contributed by atoms with Gasteiger partial charge in [-0.05, 0) is 24.1 Å². The smallest absolute Gasteiger partial charge is 0.125 e. The molecule has 0 radical (unpaired) electrons. The van der Waals surface area contributed by atoms with E-state index < -0.39 is 0 Å².